The lowest BCUT2D eigenvalue weighted by Crippen LogP contribution is -2.28. The number of benzene rings is 2. The molecule has 4 aromatic rings. The topological polar surface area (TPSA) is 69.0 Å². The Morgan fingerprint density at radius 2 is 2.03 bits per heavy atom. The van der Waals surface area contributed by atoms with Crippen LogP contribution in [0, 0.1) is 11.6 Å². The molecule has 0 saturated heterocycles. The van der Waals surface area contributed by atoms with Gasteiger partial charge in [-0.3, -0.25) is 9.48 Å². The first kappa shape index (κ1) is 20.0. The number of carbonyl (C=O) groups excluding carboxylic acids is 1. The Balaban J connectivity index is 1.87. The fourth-order valence-corrected chi connectivity index (χ4v) is 3.45. The van der Waals surface area contributed by atoms with Crippen LogP contribution in [0.15, 0.2) is 65.4 Å². The summed E-state index contributed by atoms with van der Waals surface area (Å²) in [5.41, 5.74) is 0.314. The molecule has 0 radical (unpaired) electrons. The van der Waals surface area contributed by atoms with Crippen molar-refractivity contribution >= 4 is 38.6 Å². The van der Waals surface area contributed by atoms with Crippen LogP contribution >= 0.6 is 15.9 Å². The molecule has 9 heteroatoms. The third-order valence-corrected chi connectivity index (χ3v) is 5.11. The number of aromatic nitrogens is 3. The lowest BCUT2D eigenvalue weighted by atomic mass is 10.0. The predicted molar refractivity (Wildman–Crippen MR) is 111 cm³/mol. The van der Waals surface area contributed by atoms with Gasteiger partial charge in [0.15, 0.2) is 11.9 Å². The molecule has 152 valence electrons. The van der Waals surface area contributed by atoms with Crippen LogP contribution in [-0.4, -0.2) is 27.8 Å². The van der Waals surface area contributed by atoms with Gasteiger partial charge in [-0.1, -0.05) is 6.07 Å². The van der Waals surface area contributed by atoms with Crippen LogP contribution in [0.4, 0.5) is 14.6 Å². The van der Waals surface area contributed by atoms with Gasteiger partial charge in [0.25, 0.3) is 5.91 Å². The Kier molecular flexibility index (Phi) is 5.45. The Bertz CT molecular complexity index is 1230. The number of amides is 1. The fourth-order valence-electron chi connectivity index (χ4n) is 3.13. The highest BCUT2D eigenvalue weighted by Gasteiger charge is 2.28. The Hall–Kier alpha value is -3.33. The summed E-state index contributed by atoms with van der Waals surface area (Å²) in [5, 5.41) is 7.45. The molecule has 0 spiro atoms. The molecular weight excluding hydrogens is 458 g/mol. The number of hydrogen-bond acceptors (Lipinski definition) is 4. The number of ether oxygens (including phenoxy) is 1. The average molecular weight is 473 g/mol. The van der Waals surface area contributed by atoms with Crippen LogP contribution < -0.4 is 10.1 Å². The molecule has 0 aliphatic heterocycles. The predicted octanol–water partition coefficient (Wildman–Crippen LogP) is 4.71. The minimum Gasteiger partial charge on any atom is -0.496 e. The molecule has 2 aromatic carbocycles. The smallest absolute Gasteiger partial charge is 0.255 e. The summed E-state index contributed by atoms with van der Waals surface area (Å²) >= 11 is 3.13. The summed E-state index contributed by atoms with van der Waals surface area (Å²) in [7, 11) is 1.42. The molecule has 1 N–H and O–H groups in total. The van der Waals surface area contributed by atoms with E-state index < -0.39 is 23.6 Å². The monoisotopic (exact) mass is 472 g/mol. The van der Waals surface area contributed by atoms with E-state index in [1.165, 1.54) is 42.4 Å². The number of carbonyl (C=O) groups is 1. The summed E-state index contributed by atoms with van der Waals surface area (Å²) in [6.45, 7) is 0. The third kappa shape index (κ3) is 3.76. The minimum absolute atomic E-state index is 0.0791. The van der Waals surface area contributed by atoms with Crippen molar-refractivity contribution in [3.63, 3.8) is 0 Å². The van der Waals surface area contributed by atoms with Gasteiger partial charge in [-0.15, -0.1) is 0 Å². The summed E-state index contributed by atoms with van der Waals surface area (Å²) < 4.78 is 35.5. The van der Waals surface area contributed by atoms with Gasteiger partial charge in [-0.25, -0.2) is 13.8 Å². The molecule has 6 nitrogen and oxygen atoms in total. The molecule has 1 unspecified atom stereocenters. The number of halogens is 3. The van der Waals surface area contributed by atoms with Gasteiger partial charge in [0.1, 0.15) is 22.9 Å². The van der Waals surface area contributed by atoms with Crippen LogP contribution in [0.1, 0.15) is 11.6 Å². The highest BCUT2D eigenvalue weighted by molar-refractivity contribution is 9.10. The first-order chi connectivity index (χ1) is 14.5. The Labute approximate surface area is 178 Å². The van der Waals surface area contributed by atoms with Crippen LogP contribution in [0.3, 0.4) is 0 Å². The number of nitrogens with zero attached hydrogens (tertiary/aromatic N) is 3. The molecular formula is C21H15BrF2N4O2. The second kappa shape index (κ2) is 8.19. The second-order valence-corrected chi connectivity index (χ2v) is 7.26. The second-order valence-electron chi connectivity index (χ2n) is 6.40. The maximum absolute atomic E-state index is 14.5. The summed E-state index contributed by atoms with van der Waals surface area (Å²) in [6.07, 6.45) is 3.06. The van der Waals surface area contributed by atoms with Gasteiger partial charge in [-0.2, -0.15) is 5.10 Å². The fraction of sp³-hybridized carbons (Fsp3) is 0.0952. The van der Waals surface area contributed by atoms with Crippen molar-refractivity contribution in [2.45, 2.75) is 6.04 Å². The van der Waals surface area contributed by atoms with E-state index in [1.54, 1.807) is 30.3 Å². The average Bonchev–Trinajstić information content (AvgIpc) is 3.16. The van der Waals surface area contributed by atoms with Crippen molar-refractivity contribution < 1.29 is 18.3 Å². The zero-order valence-corrected chi connectivity index (χ0v) is 17.2. The summed E-state index contributed by atoms with van der Waals surface area (Å²) in [4.78, 5) is 17.3. The van der Waals surface area contributed by atoms with E-state index in [0.717, 1.165) is 0 Å². The number of methoxy groups -OCH3 is 1. The number of anilines is 1. The Morgan fingerprint density at radius 3 is 2.77 bits per heavy atom. The van der Waals surface area contributed by atoms with Gasteiger partial charge in [0.2, 0.25) is 0 Å². The van der Waals surface area contributed by atoms with Gasteiger partial charge in [-0.05, 0) is 58.4 Å². The number of nitrogens with one attached hydrogen (secondary N) is 1. The molecule has 0 aliphatic carbocycles. The molecule has 0 aliphatic rings. The van der Waals surface area contributed by atoms with E-state index in [-0.39, 0.29) is 15.6 Å². The van der Waals surface area contributed by atoms with E-state index in [9.17, 15) is 13.6 Å². The zero-order chi connectivity index (χ0) is 21.3. The Morgan fingerprint density at radius 1 is 1.20 bits per heavy atom. The first-order valence-electron chi connectivity index (χ1n) is 8.86. The molecule has 1 amide bonds. The summed E-state index contributed by atoms with van der Waals surface area (Å²) in [5.74, 6) is -1.04. The quantitative estimate of drug-likeness (QED) is 0.456. The van der Waals surface area contributed by atoms with Crippen molar-refractivity contribution in [1.82, 2.24) is 14.8 Å². The third-order valence-electron chi connectivity index (χ3n) is 4.50. The lowest BCUT2D eigenvalue weighted by molar-refractivity contribution is -0.118. The molecule has 1 atom stereocenters. The molecule has 2 aromatic heterocycles. The number of rotatable bonds is 5. The highest BCUT2D eigenvalue weighted by atomic mass is 79.9. The first-order valence-corrected chi connectivity index (χ1v) is 9.65. The van der Waals surface area contributed by atoms with E-state index >= 15 is 0 Å². The zero-order valence-electron chi connectivity index (χ0n) is 15.6. The normalized spacial score (nSPS) is 12.0. The molecule has 0 fully saturated rings. The maximum atomic E-state index is 14.5. The van der Waals surface area contributed by atoms with Crippen LogP contribution in [0.25, 0.3) is 10.9 Å². The van der Waals surface area contributed by atoms with E-state index in [1.807, 2.05) is 0 Å². The number of pyridine rings is 1. The van der Waals surface area contributed by atoms with Crippen LogP contribution in [-0.2, 0) is 4.79 Å². The maximum Gasteiger partial charge on any atom is 0.255 e. The van der Waals surface area contributed by atoms with Crippen LogP contribution in [0.5, 0.6) is 5.75 Å². The van der Waals surface area contributed by atoms with E-state index in [2.05, 4.69) is 31.3 Å². The van der Waals surface area contributed by atoms with Crippen molar-refractivity contribution in [1.29, 1.82) is 0 Å². The van der Waals surface area contributed by atoms with E-state index in [0.29, 0.717) is 17.0 Å². The molecule has 4 rings (SSSR count). The molecule has 2 heterocycles. The molecule has 30 heavy (non-hydrogen) atoms. The van der Waals surface area contributed by atoms with Crippen molar-refractivity contribution in [2.24, 2.45) is 0 Å². The lowest BCUT2D eigenvalue weighted by Gasteiger charge is -2.20. The van der Waals surface area contributed by atoms with Crippen molar-refractivity contribution in [3.05, 3.63) is 82.6 Å². The van der Waals surface area contributed by atoms with Gasteiger partial charge >= 0.3 is 0 Å². The molecule has 0 bridgehead atoms. The van der Waals surface area contributed by atoms with E-state index in [4.69, 9.17) is 4.74 Å². The van der Waals surface area contributed by atoms with Gasteiger partial charge < -0.3 is 10.1 Å². The molecule has 0 saturated carbocycles. The summed E-state index contributed by atoms with van der Waals surface area (Å²) in [6, 6.07) is 11.0. The number of hydrogen-bond donors (Lipinski definition) is 1. The van der Waals surface area contributed by atoms with Crippen molar-refractivity contribution in [2.75, 3.05) is 12.4 Å². The van der Waals surface area contributed by atoms with Crippen molar-refractivity contribution in [3.8, 4) is 5.75 Å². The largest absolute Gasteiger partial charge is 0.496 e. The minimum atomic E-state index is -1.14. The SMILES string of the molecule is COc1ccc(F)cc1C(C(=O)Nc1ccccn1)n1cc2ccc(Br)c(F)c2n1. The number of fused-ring (bicyclic) bond motifs is 1. The van der Waals surface area contributed by atoms with Gasteiger partial charge in [0.05, 0.1) is 11.6 Å². The van der Waals surface area contributed by atoms with Crippen LogP contribution in [0.2, 0.25) is 0 Å². The highest BCUT2D eigenvalue weighted by Crippen LogP contribution is 2.32. The standard InChI is InChI=1S/C21H15BrF2N4O2/c1-30-16-8-6-13(23)10-14(16)20(21(29)26-17-4-2-3-9-25-17)28-11-12-5-7-15(22)18(24)19(12)27-28/h2-11,20H,1H3,(H,25,26,29). The van der Waals surface area contributed by atoms with Gasteiger partial charge in [0, 0.05) is 23.3 Å².